The lowest BCUT2D eigenvalue weighted by Crippen LogP contribution is -2.45. The van der Waals surface area contributed by atoms with Crippen molar-refractivity contribution in [3.63, 3.8) is 0 Å². The largest absolute Gasteiger partial charge is 0.396 e. The minimum atomic E-state index is -0.378. The van der Waals surface area contributed by atoms with E-state index in [1.54, 1.807) is 6.07 Å². The zero-order valence-corrected chi connectivity index (χ0v) is 16.3. The normalized spacial score (nSPS) is 25.8. The van der Waals surface area contributed by atoms with Crippen LogP contribution in [0.2, 0.25) is 0 Å². The smallest absolute Gasteiger partial charge is 0.285 e. The van der Waals surface area contributed by atoms with E-state index < -0.39 is 0 Å². The molecule has 5 rings (SSSR count). The van der Waals surface area contributed by atoms with Crippen molar-refractivity contribution in [1.29, 1.82) is 0 Å². The van der Waals surface area contributed by atoms with Gasteiger partial charge in [-0.15, -0.1) is 0 Å². The first kappa shape index (κ1) is 18.1. The lowest BCUT2D eigenvalue weighted by molar-refractivity contribution is 0.0569. The van der Waals surface area contributed by atoms with E-state index in [9.17, 15) is 14.7 Å². The Morgan fingerprint density at radius 1 is 1.31 bits per heavy atom. The zero-order valence-electron chi connectivity index (χ0n) is 16.3. The number of aromatic amines is 1. The Labute approximate surface area is 168 Å². The van der Waals surface area contributed by atoms with Crippen LogP contribution in [0.25, 0.3) is 5.65 Å². The number of amides is 1. The number of rotatable bonds is 4. The minimum absolute atomic E-state index is 0.0267. The number of aliphatic hydroxyl groups is 1. The highest BCUT2D eigenvalue weighted by Gasteiger charge is 2.57. The number of hydrogen-bond acceptors (Lipinski definition) is 4. The van der Waals surface area contributed by atoms with Crippen LogP contribution in [-0.2, 0) is 6.42 Å². The van der Waals surface area contributed by atoms with E-state index >= 15 is 0 Å². The summed E-state index contributed by atoms with van der Waals surface area (Å²) in [7, 11) is 0. The predicted octanol–water partition coefficient (Wildman–Crippen LogP) is 1.93. The molecule has 0 spiro atoms. The van der Waals surface area contributed by atoms with Gasteiger partial charge >= 0.3 is 0 Å². The summed E-state index contributed by atoms with van der Waals surface area (Å²) in [5.41, 5.74) is 1.81. The van der Waals surface area contributed by atoms with Crippen molar-refractivity contribution in [3.05, 3.63) is 69.8 Å². The fraction of sp³-hybridized carbons (Fsp3) is 0.409. The number of nitrogens with zero attached hydrogens (tertiary/aromatic N) is 3. The lowest BCUT2D eigenvalue weighted by atomic mass is 9.70. The van der Waals surface area contributed by atoms with Crippen molar-refractivity contribution in [2.75, 3.05) is 6.61 Å². The van der Waals surface area contributed by atoms with E-state index in [2.05, 4.69) is 22.2 Å². The molecule has 0 unspecified atom stereocenters. The first-order chi connectivity index (χ1) is 14.0. The van der Waals surface area contributed by atoms with Gasteiger partial charge in [-0.3, -0.25) is 14.7 Å². The minimum Gasteiger partial charge on any atom is -0.396 e. The molecule has 2 bridgehead atoms. The van der Waals surface area contributed by atoms with E-state index in [1.807, 2.05) is 30.0 Å². The average Bonchev–Trinajstić information content (AvgIpc) is 3.39. The van der Waals surface area contributed by atoms with Crippen LogP contribution in [0.15, 0.2) is 47.4 Å². The second kappa shape index (κ2) is 6.56. The van der Waals surface area contributed by atoms with E-state index in [0.717, 1.165) is 36.9 Å². The lowest BCUT2D eigenvalue weighted by Gasteiger charge is -2.36. The molecule has 2 aliphatic rings. The Morgan fingerprint density at radius 2 is 2.10 bits per heavy atom. The molecule has 1 aromatic carbocycles. The van der Waals surface area contributed by atoms with Crippen LogP contribution in [-0.4, -0.2) is 49.2 Å². The van der Waals surface area contributed by atoms with E-state index in [1.165, 1.54) is 10.7 Å². The number of carbonyl (C=O) groups is 1. The predicted molar refractivity (Wildman–Crippen MR) is 108 cm³/mol. The second-order valence-electron chi connectivity index (χ2n) is 8.46. The summed E-state index contributed by atoms with van der Waals surface area (Å²) >= 11 is 0. The van der Waals surface area contributed by atoms with Crippen molar-refractivity contribution in [3.8, 4) is 0 Å². The Balaban J connectivity index is 1.50. The zero-order chi connectivity index (χ0) is 20.2. The molecule has 4 heterocycles. The third kappa shape index (κ3) is 2.72. The van der Waals surface area contributed by atoms with Crippen molar-refractivity contribution in [2.45, 2.75) is 44.7 Å². The molecular formula is C22H24N4O3. The van der Waals surface area contributed by atoms with Crippen LogP contribution in [0.5, 0.6) is 0 Å². The number of hydrogen-bond donors (Lipinski definition) is 2. The molecule has 150 valence electrons. The average molecular weight is 392 g/mol. The standard InChI is InChI=1S/C22H24N4O3/c1-14-9-19-23-12-17(21(29)26(19)24-14)20(28)25-16-7-8-18(25)22(11-16,13-27)10-15-5-3-2-4-6-15/h2-6,9,12,16,18,24,27H,7-8,10-11,13H2,1H3/t16-,18+,22-/m1/s1. The van der Waals surface area contributed by atoms with Gasteiger partial charge in [0.2, 0.25) is 0 Å². The van der Waals surface area contributed by atoms with Crippen molar-refractivity contribution in [2.24, 2.45) is 5.41 Å². The molecular weight excluding hydrogens is 368 g/mol. The monoisotopic (exact) mass is 392 g/mol. The first-order valence-electron chi connectivity index (χ1n) is 10.1. The summed E-state index contributed by atoms with van der Waals surface area (Å²) in [5, 5.41) is 13.3. The highest BCUT2D eigenvalue weighted by Crippen LogP contribution is 2.51. The molecule has 3 aromatic rings. The molecule has 2 fully saturated rings. The summed E-state index contributed by atoms with van der Waals surface area (Å²) in [6, 6.07) is 11.8. The Hall–Kier alpha value is -2.93. The van der Waals surface area contributed by atoms with Gasteiger partial charge in [0.15, 0.2) is 5.65 Å². The third-order valence-corrected chi connectivity index (χ3v) is 6.65. The summed E-state index contributed by atoms with van der Waals surface area (Å²) in [4.78, 5) is 32.4. The molecule has 7 heteroatoms. The van der Waals surface area contributed by atoms with Crippen LogP contribution < -0.4 is 5.56 Å². The number of H-pyrrole nitrogens is 1. The fourth-order valence-corrected chi connectivity index (χ4v) is 5.38. The first-order valence-corrected chi connectivity index (χ1v) is 10.1. The number of aliphatic hydroxyl groups excluding tert-OH is 1. The molecule has 2 aromatic heterocycles. The molecule has 29 heavy (non-hydrogen) atoms. The molecule has 2 N–H and O–H groups in total. The van der Waals surface area contributed by atoms with Gasteiger partial charge in [-0.1, -0.05) is 30.3 Å². The fourth-order valence-electron chi connectivity index (χ4n) is 5.38. The quantitative estimate of drug-likeness (QED) is 0.710. The number of benzene rings is 1. The van der Waals surface area contributed by atoms with E-state index in [4.69, 9.17) is 0 Å². The molecule has 0 saturated carbocycles. The SMILES string of the molecule is Cc1cc2ncc(C(=O)N3[C@@H]4CC[C@H]3[C@](CO)(Cc3ccccc3)C4)c(=O)n2[nH]1. The highest BCUT2D eigenvalue weighted by atomic mass is 16.3. The maximum Gasteiger partial charge on any atom is 0.285 e. The van der Waals surface area contributed by atoms with Crippen LogP contribution >= 0.6 is 0 Å². The summed E-state index contributed by atoms with van der Waals surface area (Å²) in [6.45, 7) is 1.87. The van der Waals surface area contributed by atoms with Gasteiger partial charge in [0.05, 0.1) is 6.61 Å². The van der Waals surface area contributed by atoms with E-state index in [-0.39, 0.29) is 41.1 Å². The molecule has 0 aliphatic carbocycles. The highest BCUT2D eigenvalue weighted by molar-refractivity contribution is 5.94. The van der Waals surface area contributed by atoms with Gasteiger partial charge in [0, 0.05) is 35.5 Å². The van der Waals surface area contributed by atoms with Gasteiger partial charge in [-0.25, -0.2) is 9.50 Å². The van der Waals surface area contributed by atoms with Gasteiger partial charge in [-0.05, 0) is 38.2 Å². The van der Waals surface area contributed by atoms with Gasteiger partial charge in [0.25, 0.3) is 11.5 Å². The number of aryl methyl sites for hydroxylation is 1. The summed E-state index contributed by atoms with van der Waals surface area (Å²) in [5.74, 6) is -0.278. The molecule has 3 atom stereocenters. The maximum absolute atomic E-state index is 13.4. The van der Waals surface area contributed by atoms with Crippen molar-refractivity contribution >= 4 is 11.6 Å². The van der Waals surface area contributed by atoms with Crippen LogP contribution in [0.4, 0.5) is 0 Å². The second-order valence-corrected chi connectivity index (χ2v) is 8.46. The van der Waals surface area contributed by atoms with Crippen molar-refractivity contribution in [1.82, 2.24) is 19.5 Å². The topological polar surface area (TPSA) is 90.7 Å². The Kier molecular flexibility index (Phi) is 4.10. The van der Waals surface area contributed by atoms with Crippen LogP contribution in [0.1, 0.15) is 40.9 Å². The van der Waals surface area contributed by atoms with Gasteiger partial charge < -0.3 is 10.0 Å². The Morgan fingerprint density at radius 3 is 2.86 bits per heavy atom. The van der Waals surface area contributed by atoms with Crippen LogP contribution in [0, 0.1) is 12.3 Å². The number of nitrogens with one attached hydrogen (secondary N) is 1. The number of carbonyl (C=O) groups excluding carboxylic acids is 1. The summed E-state index contributed by atoms with van der Waals surface area (Å²) < 4.78 is 1.32. The molecule has 7 nitrogen and oxygen atoms in total. The Bertz CT molecular complexity index is 1140. The third-order valence-electron chi connectivity index (χ3n) is 6.65. The summed E-state index contributed by atoms with van der Waals surface area (Å²) in [6.07, 6.45) is 4.63. The van der Waals surface area contributed by atoms with Gasteiger partial charge in [0.1, 0.15) is 5.56 Å². The van der Waals surface area contributed by atoms with Gasteiger partial charge in [-0.2, -0.15) is 0 Å². The maximum atomic E-state index is 13.4. The van der Waals surface area contributed by atoms with E-state index in [0.29, 0.717) is 5.65 Å². The molecule has 1 amide bonds. The number of fused-ring (bicyclic) bond motifs is 3. The molecule has 0 radical (unpaired) electrons. The molecule has 2 saturated heterocycles. The van der Waals surface area contributed by atoms with Crippen LogP contribution in [0.3, 0.4) is 0 Å². The van der Waals surface area contributed by atoms with Crippen molar-refractivity contribution < 1.29 is 9.90 Å². The number of aromatic nitrogens is 3. The molecule has 2 aliphatic heterocycles.